The highest BCUT2D eigenvalue weighted by atomic mass is 14.8. The summed E-state index contributed by atoms with van der Waals surface area (Å²) in [6.45, 7) is 0. The Morgan fingerprint density at radius 1 is 1.00 bits per heavy atom. The Labute approximate surface area is 93.8 Å². The Kier molecular flexibility index (Phi) is 2.54. The van der Waals surface area contributed by atoms with Crippen LogP contribution in [0.5, 0.6) is 0 Å². The van der Waals surface area contributed by atoms with Gasteiger partial charge in [0, 0.05) is 5.54 Å². The van der Waals surface area contributed by atoms with E-state index in [4.69, 9.17) is 5.73 Å². The fourth-order valence-electron chi connectivity index (χ4n) is 4.67. The molecule has 3 atom stereocenters. The first kappa shape index (κ1) is 10.1. The lowest BCUT2D eigenvalue weighted by molar-refractivity contribution is 0.191. The van der Waals surface area contributed by atoms with E-state index in [2.05, 4.69) is 0 Å². The quantitative estimate of drug-likeness (QED) is 0.737. The molecule has 3 aliphatic carbocycles. The van der Waals surface area contributed by atoms with Crippen molar-refractivity contribution in [3.63, 3.8) is 0 Å². The van der Waals surface area contributed by atoms with Gasteiger partial charge in [-0.3, -0.25) is 0 Å². The third kappa shape index (κ3) is 1.84. The van der Waals surface area contributed by atoms with Crippen molar-refractivity contribution in [2.45, 2.75) is 69.7 Å². The van der Waals surface area contributed by atoms with Gasteiger partial charge in [-0.15, -0.1) is 0 Å². The van der Waals surface area contributed by atoms with E-state index < -0.39 is 0 Å². The van der Waals surface area contributed by atoms with Crippen LogP contribution in [0.4, 0.5) is 0 Å². The number of hydrogen-bond acceptors (Lipinski definition) is 1. The standard InChI is InChI=1S/C14H25N/c15-14(9-11-4-2-1-3-5-11)10-12-6-7-13(14)8-12/h11-13H,1-10,15H2. The van der Waals surface area contributed by atoms with Gasteiger partial charge in [-0.2, -0.15) is 0 Å². The van der Waals surface area contributed by atoms with Gasteiger partial charge in [0.1, 0.15) is 0 Å². The maximum atomic E-state index is 6.68. The first-order valence-corrected chi connectivity index (χ1v) is 7.05. The third-order valence-electron chi connectivity index (χ3n) is 5.42. The first-order chi connectivity index (χ1) is 7.26. The second-order valence-corrected chi connectivity index (χ2v) is 6.52. The molecule has 86 valence electrons. The molecular formula is C14H25N. The first-order valence-electron chi connectivity index (χ1n) is 7.05. The van der Waals surface area contributed by atoms with Gasteiger partial charge in [-0.25, -0.2) is 0 Å². The minimum atomic E-state index is 0.269. The monoisotopic (exact) mass is 207 g/mol. The molecule has 1 nitrogen and oxygen atoms in total. The smallest absolute Gasteiger partial charge is 0.0188 e. The van der Waals surface area contributed by atoms with Gasteiger partial charge < -0.3 is 5.73 Å². The van der Waals surface area contributed by atoms with Crippen LogP contribution in [0.3, 0.4) is 0 Å². The molecule has 3 saturated carbocycles. The fourth-order valence-corrected chi connectivity index (χ4v) is 4.67. The molecule has 0 saturated heterocycles. The lowest BCUT2D eigenvalue weighted by Crippen LogP contribution is -2.46. The van der Waals surface area contributed by atoms with Gasteiger partial charge in [-0.1, -0.05) is 38.5 Å². The van der Waals surface area contributed by atoms with Crippen molar-refractivity contribution in [1.82, 2.24) is 0 Å². The Morgan fingerprint density at radius 3 is 2.40 bits per heavy atom. The minimum absolute atomic E-state index is 0.269. The van der Waals surface area contributed by atoms with Crippen molar-refractivity contribution in [3.05, 3.63) is 0 Å². The van der Waals surface area contributed by atoms with Gasteiger partial charge in [0.15, 0.2) is 0 Å². The van der Waals surface area contributed by atoms with Crippen molar-refractivity contribution >= 4 is 0 Å². The number of rotatable bonds is 2. The topological polar surface area (TPSA) is 26.0 Å². The summed E-state index contributed by atoms with van der Waals surface area (Å²) in [6, 6.07) is 0. The Hall–Kier alpha value is -0.0400. The summed E-state index contributed by atoms with van der Waals surface area (Å²) < 4.78 is 0. The maximum absolute atomic E-state index is 6.68. The Bertz CT molecular complexity index is 231. The predicted molar refractivity (Wildman–Crippen MR) is 63.6 cm³/mol. The highest BCUT2D eigenvalue weighted by molar-refractivity contribution is 5.05. The molecule has 0 radical (unpaired) electrons. The number of hydrogen-bond donors (Lipinski definition) is 1. The van der Waals surface area contributed by atoms with Gasteiger partial charge in [-0.05, 0) is 43.4 Å². The average molecular weight is 207 g/mol. The van der Waals surface area contributed by atoms with Crippen LogP contribution in [0.25, 0.3) is 0 Å². The van der Waals surface area contributed by atoms with Gasteiger partial charge in [0.05, 0.1) is 0 Å². The van der Waals surface area contributed by atoms with Crippen molar-refractivity contribution in [2.75, 3.05) is 0 Å². The van der Waals surface area contributed by atoms with Crippen LogP contribution in [0.15, 0.2) is 0 Å². The van der Waals surface area contributed by atoms with Crippen LogP contribution in [-0.2, 0) is 0 Å². The van der Waals surface area contributed by atoms with Crippen molar-refractivity contribution in [2.24, 2.45) is 23.5 Å². The molecule has 2 N–H and O–H groups in total. The Balaban J connectivity index is 1.61. The largest absolute Gasteiger partial charge is 0.325 e. The van der Waals surface area contributed by atoms with Crippen LogP contribution >= 0.6 is 0 Å². The summed E-state index contributed by atoms with van der Waals surface area (Å²) in [4.78, 5) is 0. The van der Waals surface area contributed by atoms with Crippen molar-refractivity contribution in [3.8, 4) is 0 Å². The van der Waals surface area contributed by atoms with E-state index in [1.54, 1.807) is 0 Å². The number of nitrogens with two attached hydrogens (primary N) is 1. The molecule has 2 bridgehead atoms. The van der Waals surface area contributed by atoms with E-state index in [1.165, 1.54) is 64.2 Å². The lowest BCUT2D eigenvalue weighted by atomic mass is 9.72. The van der Waals surface area contributed by atoms with Crippen LogP contribution in [0.2, 0.25) is 0 Å². The molecule has 0 spiro atoms. The minimum Gasteiger partial charge on any atom is -0.325 e. The summed E-state index contributed by atoms with van der Waals surface area (Å²) in [5.74, 6) is 2.87. The SMILES string of the molecule is NC1(CC2CCCCC2)CC2CCC1C2. The molecule has 15 heavy (non-hydrogen) atoms. The van der Waals surface area contributed by atoms with Crippen LogP contribution < -0.4 is 5.73 Å². The maximum Gasteiger partial charge on any atom is 0.0188 e. The van der Waals surface area contributed by atoms with E-state index in [9.17, 15) is 0 Å². The van der Waals surface area contributed by atoms with Gasteiger partial charge in [0.25, 0.3) is 0 Å². The number of fused-ring (bicyclic) bond motifs is 2. The zero-order valence-electron chi connectivity index (χ0n) is 9.88. The van der Waals surface area contributed by atoms with Gasteiger partial charge >= 0.3 is 0 Å². The van der Waals surface area contributed by atoms with E-state index in [-0.39, 0.29) is 5.54 Å². The summed E-state index contributed by atoms with van der Waals surface area (Å²) in [5.41, 5.74) is 6.94. The molecule has 0 amide bonds. The molecule has 3 unspecified atom stereocenters. The second kappa shape index (κ2) is 3.76. The summed E-state index contributed by atoms with van der Waals surface area (Å²) in [7, 11) is 0. The summed E-state index contributed by atoms with van der Waals surface area (Å²) in [5, 5.41) is 0. The van der Waals surface area contributed by atoms with Crippen LogP contribution in [0, 0.1) is 17.8 Å². The summed E-state index contributed by atoms with van der Waals surface area (Å²) in [6.07, 6.45) is 14.4. The van der Waals surface area contributed by atoms with Crippen molar-refractivity contribution < 1.29 is 0 Å². The molecule has 3 aliphatic rings. The molecular weight excluding hydrogens is 182 g/mol. The molecule has 0 aromatic heterocycles. The highest BCUT2D eigenvalue weighted by Gasteiger charge is 2.48. The fraction of sp³-hybridized carbons (Fsp3) is 1.00. The molecule has 0 aromatic rings. The normalized spacial score (nSPS) is 46.2. The highest BCUT2D eigenvalue weighted by Crippen LogP contribution is 2.52. The second-order valence-electron chi connectivity index (χ2n) is 6.52. The third-order valence-corrected chi connectivity index (χ3v) is 5.42. The van der Waals surface area contributed by atoms with E-state index in [1.807, 2.05) is 0 Å². The molecule has 0 aromatic carbocycles. The van der Waals surface area contributed by atoms with E-state index in [0.717, 1.165) is 17.8 Å². The van der Waals surface area contributed by atoms with Crippen LogP contribution in [-0.4, -0.2) is 5.54 Å². The van der Waals surface area contributed by atoms with E-state index in [0.29, 0.717) is 0 Å². The van der Waals surface area contributed by atoms with Gasteiger partial charge in [0.2, 0.25) is 0 Å². The molecule has 3 fully saturated rings. The summed E-state index contributed by atoms with van der Waals surface area (Å²) >= 11 is 0. The van der Waals surface area contributed by atoms with Crippen molar-refractivity contribution in [1.29, 1.82) is 0 Å². The molecule has 3 rings (SSSR count). The molecule has 0 aliphatic heterocycles. The van der Waals surface area contributed by atoms with E-state index >= 15 is 0 Å². The lowest BCUT2D eigenvalue weighted by Gasteiger charge is -2.38. The predicted octanol–water partition coefficient (Wildman–Crippen LogP) is 3.47. The average Bonchev–Trinajstić information content (AvgIpc) is 2.78. The Morgan fingerprint density at radius 2 is 1.80 bits per heavy atom. The zero-order chi connectivity index (χ0) is 10.3. The zero-order valence-corrected chi connectivity index (χ0v) is 9.88. The van der Waals surface area contributed by atoms with Crippen LogP contribution in [0.1, 0.15) is 64.2 Å². The molecule has 0 heterocycles. The molecule has 1 heteroatoms.